The second-order valence-electron chi connectivity index (χ2n) is 4.24. The highest BCUT2D eigenvalue weighted by atomic mass is 79.9. The maximum atomic E-state index is 13.1. The monoisotopic (exact) mass is 258 g/mol. The SMILES string of the molecule is CC1(C)CCc2cc(F)cc(Br)c2O1. The molecule has 1 heterocycles. The van der Waals surface area contributed by atoms with E-state index >= 15 is 0 Å². The van der Waals surface area contributed by atoms with Crippen LogP contribution >= 0.6 is 15.9 Å². The zero-order chi connectivity index (χ0) is 10.3. The van der Waals surface area contributed by atoms with Crippen LogP contribution in [0.3, 0.4) is 0 Å². The summed E-state index contributed by atoms with van der Waals surface area (Å²) < 4.78 is 19.6. The van der Waals surface area contributed by atoms with Crippen LogP contribution in [0.25, 0.3) is 0 Å². The number of benzene rings is 1. The second kappa shape index (κ2) is 3.23. The first-order chi connectivity index (χ1) is 6.48. The first-order valence-electron chi connectivity index (χ1n) is 4.65. The van der Waals surface area contributed by atoms with Gasteiger partial charge in [-0.1, -0.05) is 0 Å². The Morgan fingerprint density at radius 1 is 1.43 bits per heavy atom. The van der Waals surface area contributed by atoms with Gasteiger partial charge in [0.25, 0.3) is 0 Å². The zero-order valence-corrected chi connectivity index (χ0v) is 9.82. The Kier molecular flexibility index (Phi) is 2.30. The van der Waals surface area contributed by atoms with Crippen LogP contribution in [0.4, 0.5) is 4.39 Å². The molecule has 76 valence electrons. The van der Waals surface area contributed by atoms with Crippen LogP contribution in [0.15, 0.2) is 16.6 Å². The number of ether oxygens (including phenoxy) is 1. The summed E-state index contributed by atoms with van der Waals surface area (Å²) in [5, 5.41) is 0. The number of aryl methyl sites for hydroxylation is 1. The van der Waals surface area contributed by atoms with E-state index in [-0.39, 0.29) is 11.4 Å². The summed E-state index contributed by atoms with van der Waals surface area (Å²) in [7, 11) is 0. The smallest absolute Gasteiger partial charge is 0.137 e. The van der Waals surface area contributed by atoms with E-state index in [4.69, 9.17) is 4.74 Å². The van der Waals surface area contributed by atoms with Gasteiger partial charge in [-0.3, -0.25) is 0 Å². The molecule has 1 aromatic rings. The predicted molar refractivity (Wildman–Crippen MR) is 57.1 cm³/mol. The van der Waals surface area contributed by atoms with Gasteiger partial charge in [0.05, 0.1) is 4.47 Å². The number of fused-ring (bicyclic) bond motifs is 1. The van der Waals surface area contributed by atoms with Crippen LogP contribution < -0.4 is 4.74 Å². The van der Waals surface area contributed by atoms with E-state index in [1.54, 1.807) is 6.07 Å². The third-order valence-corrected chi connectivity index (χ3v) is 3.05. The van der Waals surface area contributed by atoms with E-state index in [0.717, 1.165) is 24.2 Å². The minimum absolute atomic E-state index is 0.145. The largest absolute Gasteiger partial charge is 0.486 e. The molecule has 0 saturated heterocycles. The fourth-order valence-corrected chi connectivity index (χ4v) is 2.23. The summed E-state index contributed by atoms with van der Waals surface area (Å²) in [5.74, 6) is 0.585. The normalized spacial score (nSPS) is 18.6. The molecule has 3 heteroatoms. The third-order valence-electron chi connectivity index (χ3n) is 2.46. The highest BCUT2D eigenvalue weighted by Crippen LogP contribution is 2.38. The molecule has 0 radical (unpaired) electrons. The minimum atomic E-state index is -0.209. The molecule has 2 rings (SSSR count). The Morgan fingerprint density at radius 3 is 2.86 bits per heavy atom. The molecule has 14 heavy (non-hydrogen) atoms. The summed E-state index contributed by atoms with van der Waals surface area (Å²) in [4.78, 5) is 0. The molecular weight excluding hydrogens is 247 g/mol. The molecule has 0 fully saturated rings. The molecule has 1 aliphatic rings. The van der Waals surface area contributed by atoms with Gasteiger partial charge in [-0.15, -0.1) is 0 Å². The molecule has 0 N–H and O–H groups in total. The quantitative estimate of drug-likeness (QED) is 0.690. The van der Waals surface area contributed by atoms with Crippen molar-refractivity contribution >= 4 is 15.9 Å². The zero-order valence-electron chi connectivity index (χ0n) is 8.23. The average Bonchev–Trinajstić information content (AvgIpc) is 2.06. The van der Waals surface area contributed by atoms with E-state index in [0.29, 0.717) is 4.47 Å². The lowest BCUT2D eigenvalue weighted by molar-refractivity contribution is 0.0834. The predicted octanol–water partition coefficient (Wildman–Crippen LogP) is 3.69. The van der Waals surface area contributed by atoms with Crippen molar-refractivity contribution in [1.29, 1.82) is 0 Å². The molecule has 0 atom stereocenters. The molecule has 1 nitrogen and oxygen atoms in total. The molecule has 0 unspecified atom stereocenters. The number of hydrogen-bond donors (Lipinski definition) is 0. The Hall–Kier alpha value is -0.570. The first-order valence-corrected chi connectivity index (χ1v) is 5.44. The number of halogens is 2. The van der Waals surface area contributed by atoms with E-state index in [9.17, 15) is 4.39 Å². The van der Waals surface area contributed by atoms with Crippen molar-refractivity contribution in [2.75, 3.05) is 0 Å². The number of rotatable bonds is 0. The van der Waals surface area contributed by atoms with Gasteiger partial charge in [0.2, 0.25) is 0 Å². The van der Waals surface area contributed by atoms with Gasteiger partial charge < -0.3 is 4.74 Å². The van der Waals surface area contributed by atoms with Crippen LogP contribution in [0.2, 0.25) is 0 Å². The van der Waals surface area contributed by atoms with Crippen molar-refractivity contribution in [2.45, 2.75) is 32.3 Å². The van der Waals surface area contributed by atoms with Gasteiger partial charge in [0.1, 0.15) is 17.2 Å². The topological polar surface area (TPSA) is 9.23 Å². The van der Waals surface area contributed by atoms with Crippen molar-refractivity contribution in [2.24, 2.45) is 0 Å². The van der Waals surface area contributed by atoms with Crippen molar-refractivity contribution in [3.63, 3.8) is 0 Å². The van der Waals surface area contributed by atoms with Crippen molar-refractivity contribution in [1.82, 2.24) is 0 Å². The molecule has 0 aliphatic carbocycles. The van der Waals surface area contributed by atoms with Crippen LogP contribution in [0.1, 0.15) is 25.8 Å². The molecular formula is C11H12BrFO. The van der Waals surface area contributed by atoms with Crippen LogP contribution in [0, 0.1) is 5.82 Å². The fourth-order valence-electron chi connectivity index (χ4n) is 1.68. The van der Waals surface area contributed by atoms with Crippen LogP contribution in [-0.4, -0.2) is 5.60 Å². The van der Waals surface area contributed by atoms with Gasteiger partial charge in [-0.2, -0.15) is 0 Å². The lowest BCUT2D eigenvalue weighted by Crippen LogP contribution is -2.32. The van der Waals surface area contributed by atoms with E-state index in [1.807, 2.05) is 13.8 Å². The van der Waals surface area contributed by atoms with Gasteiger partial charge in [0.15, 0.2) is 0 Å². The standard InChI is InChI=1S/C11H12BrFO/c1-11(2)4-3-7-5-8(13)6-9(12)10(7)14-11/h5-6H,3-4H2,1-2H3. The first kappa shape index (κ1) is 9.97. The lowest BCUT2D eigenvalue weighted by atomic mass is 9.94. The fraction of sp³-hybridized carbons (Fsp3) is 0.455. The second-order valence-corrected chi connectivity index (χ2v) is 5.09. The summed E-state index contributed by atoms with van der Waals surface area (Å²) in [6.07, 6.45) is 1.80. The molecule has 1 aliphatic heterocycles. The van der Waals surface area contributed by atoms with E-state index in [1.165, 1.54) is 6.07 Å². The Bertz CT molecular complexity index is 374. The highest BCUT2D eigenvalue weighted by Gasteiger charge is 2.28. The summed E-state index contributed by atoms with van der Waals surface area (Å²) in [5.41, 5.74) is 0.809. The third kappa shape index (κ3) is 1.78. The molecule has 0 amide bonds. The number of hydrogen-bond acceptors (Lipinski definition) is 1. The molecule has 0 bridgehead atoms. The van der Waals surface area contributed by atoms with Crippen LogP contribution in [-0.2, 0) is 6.42 Å². The van der Waals surface area contributed by atoms with Crippen molar-refractivity contribution < 1.29 is 9.13 Å². The van der Waals surface area contributed by atoms with Crippen molar-refractivity contribution in [3.8, 4) is 5.75 Å². The van der Waals surface area contributed by atoms with Gasteiger partial charge >= 0.3 is 0 Å². The lowest BCUT2D eigenvalue weighted by Gasteiger charge is -2.33. The summed E-state index contributed by atoms with van der Waals surface area (Å²) in [6.45, 7) is 4.09. The maximum Gasteiger partial charge on any atom is 0.137 e. The van der Waals surface area contributed by atoms with E-state index < -0.39 is 0 Å². The Labute approximate surface area is 91.4 Å². The molecule has 0 aromatic heterocycles. The van der Waals surface area contributed by atoms with Gasteiger partial charge in [0, 0.05) is 0 Å². The Morgan fingerprint density at radius 2 is 2.14 bits per heavy atom. The maximum absolute atomic E-state index is 13.1. The van der Waals surface area contributed by atoms with Gasteiger partial charge in [-0.05, 0) is 60.3 Å². The average molecular weight is 259 g/mol. The highest BCUT2D eigenvalue weighted by molar-refractivity contribution is 9.10. The Balaban J connectivity index is 2.47. The van der Waals surface area contributed by atoms with Gasteiger partial charge in [-0.25, -0.2) is 4.39 Å². The summed E-state index contributed by atoms with van der Waals surface area (Å²) in [6, 6.07) is 3.00. The minimum Gasteiger partial charge on any atom is -0.486 e. The molecule has 1 aromatic carbocycles. The summed E-state index contributed by atoms with van der Waals surface area (Å²) >= 11 is 3.32. The molecule has 0 saturated carbocycles. The van der Waals surface area contributed by atoms with E-state index in [2.05, 4.69) is 15.9 Å². The van der Waals surface area contributed by atoms with Crippen LogP contribution in [0.5, 0.6) is 5.75 Å². The van der Waals surface area contributed by atoms with Crippen molar-refractivity contribution in [3.05, 3.63) is 28.0 Å². The molecule has 0 spiro atoms.